The third-order valence-electron chi connectivity index (χ3n) is 3.14. The second kappa shape index (κ2) is 6.10. The van der Waals surface area contributed by atoms with Crippen molar-refractivity contribution in [2.24, 2.45) is 0 Å². The van der Waals surface area contributed by atoms with Crippen molar-refractivity contribution in [3.63, 3.8) is 0 Å². The van der Waals surface area contributed by atoms with Crippen LogP contribution in [0.5, 0.6) is 5.75 Å². The molecule has 1 aliphatic heterocycles. The summed E-state index contributed by atoms with van der Waals surface area (Å²) >= 11 is 5.90. The van der Waals surface area contributed by atoms with E-state index in [0.29, 0.717) is 17.2 Å². The molecule has 1 heterocycles. The molecule has 1 aromatic rings. The van der Waals surface area contributed by atoms with Gasteiger partial charge in [0.25, 0.3) is 5.91 Å². The molecule has 18 heavy (non-hydrogen) atoms. The van der Waals surface area contributed by atoms with Gasteiger partial charge in [-0.15, -0.1) is 0 Å². The van der Waals surface area contributed by atoms with E-state index in [1.165, 1.54) is 0 Å². The molecule has 3 nitrogen and oxygen atoms in total. The lowest BCUT2D eigenvalue weighted by atomic mass is 10.2. The van der Waals surface area contributed by atoms with Crippen molar-refractivity contribution in [1.29, 1.82) is 0 Å². The van der Waals surface area contributed by atoms with Crippen LogP contribution in [0.25, 0.3) is 0 Å². The van der Waals surface area contributed by atoms with E-state index in [4.69, 9.17) is 16.3 Å². The molecular weight excluding hydrogens is 250 g/mol. The molecule has 1 aromatic carbocycles. The minimum Gasteiger partial charge on any atom is -0.481 e. The highest BCUT2D eigenvalue weighted by Crippen LogP contribution is 2.20. The molecule has 0 aromatic heterocycles. The summed E-state index contributed by atoms with van der Waals surface area (Å²) in [5.74, 6) is 0.747. The van der Waals surface area contributed by atoms with Gasteiger partial charge in [0.2, 0.25) is 0 Å². The molecule has 1 aliphatic rings. The van der Waals surface area contributed by atoms with Crippen LogP contribution in [0.15, 0.2) is 24.3 Å². The van der Waals surface area contributed by atoms with Crippen molar-refractivity contribution in [3.05, 3.63) is 29.3 Å². The van der Waals surface area contributed by atoms with Crippen molar-refractivity contribution >= 4 is 17.5 Å². The SMILES string of the molecule is CC[C@H](Oc1cccc(Cl)c1)C(=O)N1CCCC1. The lowest BCUT2D eigenvalue weighted by Gasteiger charge is -2.23. The quantitative estimate of drug-likeness (QED) is 0.839. The summed E-state index contributed by atoms with van der Waals surface area (Å²) in [6, 6.07) is 7.18. The molecule has 1 saturated heterocycles. The van der Waals surface area contributed by atoms with Crippen LogP contribution in [-0.4, -0.2) is 30.0 Å². The number of nitrogens with zero attached hydrogens (tertiary/aromatic N) is 1. The molecule has 98 valence electrons. The maximum atomic E-state index is 12.2. The predicted octanol–water partition coefficient (Wildman–Crippen LogP) is 3.12. The van der Waals surface area contributed by atoms with E-state index < -0.39 is 6.10 Å². The maximum Gasteiger partial charge on any atom is 0.263 e. The smallest absolute Gasteiger partial charge is 0.263 e. The number of carbonyl (C=O) groups is 1. The molecule has 4 heteroatoms. The molecular formula is C14H18ClNO2. The summed E-state index contributed by atoms with van der Waals surface area (Å²) in [7, 11) is 0. The Morgan fingerprint density at radius 2 is 2.17 bits per heavy atom. The van der Waals surface area contributed by atoms with Gasteiger partial charge in [-0.05, 0) is 37.5 Å². The topological polar surface area (TPSA) is 29.5 Å². The van der Waals surface area contributed by atoms with Crippen LogP contribution in [0, 0.1) is 0 Å². The molecule has 0 aliphatic carbocycles. The molecule has 1 atom stereocenters. The second-order valence-electron chi connectivity index (χ2n) is 4.50. The van der Waals surface area contributed by atoms with E-state index in [-0.39, 0.29) is 5.91 Å². The van der Waals surface area contributed by atoms with E-state index in [2.05, 4.69) is 0 Å². The fourth-order valence-corrected chi connectivity index (χ4v) is 2.33. The molecule has 0 radical (unpaired) electrons. The van der Waals surface area contributed by atoms with Gasteiger partial charge in [-0.1, -0.05) is 24.6 Å². The zero-order valence-corrected chi connectivity index (χ0v) is 11.3. The van der Waals surface area contributed by atoms with Crippen LogP contribution in [0.3, 0.4) is 0 Å². The van der Waals surface area contributed by atoms with Crippen molar-refractivity contribution in [2.45, 2.75) is 32.3 Å². The van der Waals surface area contributed by atoms with Gasteiger partial charge in [-0.2, -0.15) is 0 Å². The number of likely N-dealkylation sites (tertiary alicyclic amines) is 1. The first-order chi connectivity index (χ1) is 8.70. The standard InChI is InChI=1S/C14H18ClNO2/c1-2-13(14(17)16-8-3-4-9-16)18-12-7-5-6-11(15)10-12/h5-7,10,13H,2-4,8-9H2,1H3/t13-/m0/s1. The first-order valence-electron chi connectivity index (χ1n) is 6.41. The van der Waals surface area contributed by atoms with Crippen LogP contribution in [-0.2, 0) is 4.79 Å². The zero-order valence-electron chi connectivity index (χ0n) is 10.6. The third kappa shape index (κ3) is 3.16. The van der Waals surface area contributed by atoms with Crippen molar-refractivity contribution < 1.29 is 9.53 Å². The number of amides is 1. The fraction of sp³-hybridized carbons (Fsp3) is 0.500. The van der Waals surface area contributed by atoms with E-state index in [9.17, 15) is 4.79 Å². The zero-order chi connectivity index (χ0) is 13.0. The van der Waals surface area contributed by atoms with Gasteiger partial charge in [0, 0.05) is 18.1 Å². The van der Waals surface area contributed by atoms with Gasteiger partial charge in [-0.3, -0.25) is 4.79 Å². The third-order valence-corrected chi connectivity index (χ3v) is 3.37. The monoisotopic (exact) mass is 267 g/mol. The van der Waals surface area contributed by atoms with Gasteiger partial charge in [0.1, 0.15) is 5.75 Å². The lowest BCUT2D eigenvalue weighted by Crippen LogP contribution is -2.40. The summed E-state index contributed by atoms with van der Waals surface area (Å²) < 4.78 is 5.74. The second-order valence-corrected chi connectivity index (χ2v) is 4.94. The van der Waals surface area contributed by atoms with Crippen molar-refractivity contribution in [3.8, 4) is 5.75 Å². The summed E-state index contributed by atoms with van der Waals surface area (Å²) in [4.78, 5) is 14.1. The fourth-order valence-electron chi connectivity index (χ4n) is 2.15. The van der Waals surface area contributed by atoms with Crippen molar-refractivity contribution in [1.82, 2.24) is 4.90 Å². The van der Waals surface area contributed by atoms with Crippen molar-refractivity contribution in [2.75, 3.05) is 13.1 Å². The minimum absolute atomic E-state index is 0.0926. The maximum absolute atomic E-state index is 12.2. The number of hydrogen-bond donors (Lipinski definition) is 0. The van der Waals surface area contributed by atoms with Gasteiger partial charge in [-0.25, -0.2) is 0 Å². The largest absolute Gasteiger partial charge is 0.481 e. The first-order valence-corrected chi connectivity index (χ1v) is 6.79. The van der Waals surface area contributed by atoms with Gasteiger partial charge >= 0.3 is 0 Å². The molecule has 0 N–H and O–H groups in total. The van der Waals surface area contributed by atoms with Crippen LogP contribution < -0.4 is 4.74 Å². The van der Waals surface area contributed by atoms with Crippen LogP contribution in [0.2, 0.25) is 5.02 Å². The molecule has 1 fully saturated rings. The van der Waals surface area contributed by atoms with Crippen LogP contribution >= 0.6 is 11.6 Å². The number of hydrogen-bond acceptors (Lipinski definition) is 2. The Morgan fingerprint density at radius 1 is 1.44 bits per heavy atom. The van der Waals surface area contributed by atoms with E-state index in [1.54, 1.807) is 12.1 Å². The molecule has 1 amide bonds. The van der Waals surface area contributed by atoms with Crippen LogP contribution in [0.4, 0.5) is 0 Å². The van der Waals surface area contributed by atoms with Crippen LogP contribution in [0.1, 0.15) is 26.2 Å². The molecule has 0 spiro atoms. The number of halogens is 1. The Hall–Kier alpha value is -1.22. The Balaban J connectivity index is 2.02. The summed E-state index contributed by atoms with van der Waals surface area (Å²) in [6.45, 7) is 3.67. The van der Waals surface area contributed by atoms with Gasteiger partial charge < -0.3 is 9.64 Å². The normalized spacial score (nSPS) is 16.7. The summed E-state index contributed by atoms with van der Waals surface area (Å²) in [5.41, 5.74) is 0. The minimum atomic E-state index is -0.401. The Morgan fingerprint density at radius 3 is 2.78 bits per heavy atom. The average molecular weight is 268 g/mol. The Kier molecular flexibility index (Phi) is 4.48. The molecule has 0 saturated carbocycles. The highest BCUT2D eigenvalue weighted by Gasteiger charge is 2.26. The highest BCUT2D eigenvalue weighted by atomic mass is 35.5. The molecule has 0 unspecified atom stereocenters. The van der Waals surface area contributed by atoms with E-state index in [1.807, 2.05) is 24.0 Å². The predicted molar refractivity (Wildman–Crippen MR) is 72.0 cm³/mol. The Bertz CT molecular complexity index is 416. The average Bonchev–Trinajstić information content (AvgIpc) is 2.89. The highest BCUT2D eigenvalue weighted by molar-refractivity contribution is 6.30. The number of rotatable bonds is 4. The van der Waals surface area contributed by atoms with E-state index >= 15 is 0 Å². The van der Waals surface area contributed by atoms with E-state index in [0.717, 1.165) is 25.9 Å². The summed E-state index contributed by atoms with van der Waals surface area (Å²) in [5, 5.41) is 0.621. The number of ether oxygens (including phenoxy) is 1. The summed E-state index contributed by atoms with van der Waals surface area (Å²) in [6.07, 6.45) is 2.46. The molecule has 0 bridgehead atoms. The first kappa shape index (κ1) is 13.2. The number of benzene rings is 1. The Labute approximate surface area is 113 Å². The van der Waals surface area contributed by atoms with Gasteiger partial charge in [0.05, 0.1) is 0 Å². The van der Waals surface area contributed by atoms with Gasteiger partial charge in [0.15, 0.2) is 6.10 Å². The number of carbonyl (C=O) groups excluding carboxylic acids is 1. The molecule has 2 rings (SSSR count). The lowest BCUT2D eigenvalue weighted by molar-refractivity contribution is -0.137.